The van der Waals surface area contributed by atoms with Gasteiger partial charge in [-0.1, -0.05) is 13.8 Å². The largest absolute Gasteiger partial charge is 0.354 e. The Hall–Kier alpha value is -1.10. The Bertz CT molecular complexity index is 318. The van der Waals surface area contributed by atoms with E-state index in [0.717, 1.165) is 19.3 Å². The van der Waals surface area contributed by atoms with Crippen LogP contribution < -0.4 is 16.0 Å². The van der Waals surface area contributed by atoms with Gasteiger partial charge < -0.3 is 16.0 Å². The van der Waals surface area contributed by atoms with Gasteiger partial charge in [-0.15, -0.1) is 0 Å². The van der Waals surface area contributed by atoms with Gasteiger partial charge in [0.15, 0.2) is 0 Å². The maximum atomic E-state index is 12.0. The van der Waals surface area contributed by atoms with Crippen molar-refractivity contribution in [3.8, 4) is 0 Å². The lowest BCUT2D eigenvalue weighted by Gasteiger charge is -2.28. The first-order valence-electron chi connectivity index (χ1n) is 7.24. The van der Waals surface area contributed by atoms with Crippen molar-refractivity contribution < 1.29 is 9.59 Å². The molecule has 1 aliphatic heterocycles. The fourth-order valence-electron chi connectivity index (χ4n) is 2.18. The third-order valence-corrected chi connectivity index (χ3v) is 3.37. The van der Waals surface area contributed by atoms with Gasteiger partial charge in [-0.05, 0) is 39.0 Å². The van der Waals surface area contributed by atoms with Gasteiger partial charge in [0.2, 0.25) is 11.8 Å². The molecule has 0 aromatic rings. The lowest BCUT2D eigenvalue weighted by Crippen LogP contribution is -2.54. The van der Waals surface area contributed by atoms with Crippen molar-refractivity contribution in [1.29, 1.82) is 0 Å². The third kappa shape index (κ3) is 5.59. The van der Waals surface area contributed by atoms with Crippen molar-refractivity contribution in [2.45, 2.75) is 65.1 Å². The van der Waals surface area contributed by atoms with Gasteiger partial charge in [-0.25, -0.2) is 0 Å². The molecular weight excluding hydrogens is 242 g/mol. The lowest BCUT2D eigenvalue weighted by atomic mass is 9.99. The van der Waals surface area contributed by atoms with E-state index >= 15 is 0 Å². The van der Waals surface area contributed by atoms with Crippen LogP contribution in [0, 0.1) is 5.92 Å². The second-order valence-electron chi connectivity index (χ2n) is 5.92. The summed E-state index contributed by atoms with van der Waals surface area (Å²) in [6.07, 6.45) is 3.00. The quantitative estimate of drug-likeness (QED) is 0.691. The minimum atomic E-state index is -0.481. The topological polar surface area (TPSA) is 70.2 Å². The van der Waals surface area contributed by atoms with E-state index in [2.05, 4.69) is 22.9 Å². The molecule has 3 N–H and O–H groups in total. The molecule has 0 spiro atoms. The van der Waals surface area contributed by atoms with Gasteiger partial charge in [0.25, 0.3) is 0 Å². The average Bonchev–Trinajstić information content (AvgIpc) is 2.35. The molecule has 0 aromatic carbocycles. The third-order valence-electron chi connectivity index (χ3n) is 3.37. The number of nitrogens with one attached hydrogen (secondary N) is 3. The molecule has 0 aromatic heterocycles. The highest BCUT2D eigenvalue weighted by Crippen LogP contribution is 2.12. The van der Waals surface area contributed by atoms with Crippen LogP contribution in [0.4, 0.5) is 0 Å². The van der Waals surface area contributed by atoms with Crippen LogP contribution in [0.25, 0.3) is 0 Å². The molecule has 0 bridgehead atoms. The Labute approximate surface area is 115 Å². The minimum Gasteiger partial charge on any atom is -0.354 e. The van der Waals surface area contributed by atoms with Gasteiger partial charge in [0, 0.05) is 12.6 Å². The van der Waals surface area contributed by atoms with E-state index in [1.54, 1.807) is 6.92 Å². The number of hydrogen-bond acceptors (Lipinski definition) is 3. The Balaban J connectivity index is 2.36. The van der Waals surface area contributed by atoms with Gasteiger partial charge in [0.05, 0.1) is 6.04 Å². The van der Waals surface area contributed by atoms with E-state index in [4.69, 9.17) is 0 Å². The van der Waals surface area contributed by atoms with E-state index in [1.165, 1.54) is 0 Å². The van der Waals surface area contributed by atoms with Crippen LogP contribution in [-0.2, 0) is 9.59 Å². The van der Waals surface area contributed by atoms with Crippen LogP contribution in [0.5, 0.6) is 0 Å². The van der Waals surface area contributed by atoms with E-state index in [-0.39, 0.29) is 17.9 Å². The van der Waals surface area contributed by atoms with Crippen LogP contribution >= 0.6 is 0 Å². The molecule has 0 saturated carbocycles. The van der Waals surface area contributed by atoms with Crippen molar-refractivity contribution in [3.05, 3.63) is 0 Å². The van der Waals surface area contributed by atoms with E-state index in [9.17, 15) is 9.59 Å². The molecule has 1 fully saturated rings. The van der Waals surface area contributed by atoms with Crippen LogP contribution in [0.2, 0.25) is 0 Å². The molecule has 2 amide bonds. The highest BCUT2D eigenvalue weighted by Gasteiger charge is 2.26. The maximum absolute atomic E-state index is 12.0. The minimum absolute atomic E-state index is 0.0706. The molecule has 19 heavy (non-hydrogen) atoms. The second kappa shape index (κ2) is 7.48. The molecule has 0 radical (unpaired) electrons. The Kier molecular flexibility index (Phi) is 6.28. The first kappa shape index (κ1) is 16.0. The van der Waals surface area contributed by atoms with E-state index in [1.807, 2.05) is 13.8 Å². The summed E-state index contributed by atoms with van der Waals surface area (Å²) in [7, 11) is 0. The number of amides is 2. The Morgan fingerprint density at radius 1 is 1.26 bits per heavy atom. The van der Waals surface area contributed by atoms with Gasteiger partial charge >= 0.3 is 0 Å². The van der Waals surface area contributed by atoms with Crippen molar-refractivity contribution in [1.82, 2.24) is 16.0 Å². The van der Waals surface area contributed by atoms with Crippen molar-refractivity contribution in [2.24, 2.45) is 5.92 Å². The zero-order chi connectivity index (χ0) is 14.4. The van der Waals surface area contributed by atoms with E-state index in [0.29, 0.717) is 18.5 Å². The molecule has 110 valence electrons. The number of rotatable bonds is 5. The van der Waals surface area contributed by atoms with E-state index < -0.39 is 6.04 Å². The maximum Gasteiger partial charge on any atom is 0.242 e. The standard InChI is InChI=1S/C14H27N3O2/c1-9(2)8-15-13(18)11(4)17-14(19)12-7-5-6-10(3)16-12/h9-12,16H,5-8H2,1-4H3,(H,15,18)(H,17,19). The molecule has 3 unspecified atom stereocenters. The summed E-state index contributed by atoms with van der Waals surface area (Å²) in [5, 5.41) is 8.87. The first-order chi connectivity index (χ1) is 8.90. The number of piperidine rings is 1. The summed E-state index contributed by atoms with van der Waals surface area (Å²) in [6.45, 7) is 8.52. The van der Waals surface area contributed by atoms with Crippen LogP contribution in [0.15, 0.2) is 0 Å². The zero-order valence-electron chi connectivity index (χ0n) is 12.5. The SMILES string of the molecule is CC(C)CNC(=O)C(C)NC(=O)C1CCCC(C)N1. The fraction of sp³-hybridized carbons (Fsp3) is 0.857. The lowest BCUT2D eigenvalue weighted by molar-refractivity contribution is -0.130. The highest BCUT2D eigenvalue weighted by molar-refractivity contribution is 5.89. The smallest absolute Gasteiger partial charge is 0.242 e. The number of carbonyl (C=O) groups excluding carboxylic acids is 2. The fourth-order valence-corrected chi connectivity index (χ4v) is 2.18. The van der Waals surface area contributed by atoms with Crippen molar-refractivity contribution in [3.63, 3.8) is 0 Å². The predicted molar refractivity (Wildman–Crippen MR) is 75.7 cm³/mol. The molecule has 1 saturated heterocycles. The van der Waals surface area contributed by atoms with Crippen molar-refractivity contribution >= 4 is 11.8 Å². The normalized spacial score (nSPS) is 24.9. The summed E-state index contributed by atoms with van der Waals surface area (Å²) in [5.41, 5.74) is 0. The van der Waals surface area contributed by atoms with Crippen LogP contribution in [0.1, 0.15) is 47.0 Å². The summed E-state index contributed by atoms with van der Waals surface area (Å²) in [4.78, 5) is 23.8. The highest BCUT2D eigenvalue weighted by atomic mass is 16.2. The summed E-state index contributed by atoms with van der Waals surface area (Å²) in [6, 6.07) is -0.274. The molecule has 3 atom stereocenters. The molecule has 1 heterocycles. The second-order valence-corrected chi connectivity index (χ2v) is 5.92. The number of hydrogen-bond donors (Lipinski definition) is 3. The molecule has 5 nitrogen and oxygen atoms in total. The average molecular weight is 269 g/mol. The van der Waals surface area contributed by atoms with Crippen molar-refractivity contribution in [2.75, 3.05) is 6.54 Å². The molecular formula is C14H27N3O2. The zero-order valence-corrected chi connectivity index (χ0v) is 12.5. The van der Waals surface area contributed by atoms with Crippen LogP contribution in [0.3, 0.4) is 0 Å². The molecule has 1 aliphatic rings. The molecule has 0 aliphatic carbocycles. The summed E-state index contributed by atoms with van der Waals surface area (Å²) >= 11 is 0. The number of carbonyl (C=O) groups is 2. The summed E-state index contributed by atoms with van der Waals surface area (Å²) in [5.74, 6) is 0.220. The predicted octanol–water partition coefficient (Wildman–Crippen LogP) is 0.794. The Morgan fingerprint density at radius 3 is 2.53 bits per heavy atom. The van der Waals surface area contributed by atoms with Crippen LogP contribution in [-0.4, -0.2) is 36.5 Å². The monoisotopic (exact) mass is 269 g/mol. The first-order valence-corrected chi connectivity index (χ1v) is 7.24. The Morgan fingerprint density at radius 2 is 1.95 bits per heavy atom. The van der Waals surface area contributed by atoms with Gasteiger partial charge in [-0.3, -0.25) is 9.59 Å². The summed E-state index contributed by atoms with van der Waals surface area (Å²) < 4.78 is 0. The molecule has 1 rings (SSSR count). The van der Waals surface area contributed by atoms with Gasteiger partial charge in [-0.2, -0.15) is 0 Å². The van der Waals surface area contributed by atoms with Gasteiger partial charge in [0.1, 0.15) is 6.04 Å². The molecule has 5 heteroatoms.